The fourth-order valence-corrected chi connectivity index (χ4v) is 2.22. The predicted molar refractivity (Wildman–Crippen MR) is 47.0 cm³/mol. The summed E-state index contributed by atoms with van der Waals surface area (Å²) in [6.45, 7) is 2.79. The maximum atomic E-state index is 10.3. The van der Waals surface area contributed by atoms with Crippen molar-refractivity contribution in [1.29, 1.82) is 0 Å². The van der Waals surface area contributed by atoms with Gasteiger partial charge in [0.15, 0.2) is 0 Å². The maximum absolute atomic E-state index is 10.3. The quantitative estimate of drug-likeness (QED) is 0.481. The molecule has 12 heavy (non-hydrogen) atoms. The lowest BCUT2D eigenvalue weighted by Crippen LogP contribution is -2.43. The molecule has 0 aromatic rings. The minimum Gasteiger partial charge on any atom is -0.387 e. The zero-order chi connectivity index (χ0) is 8.66. The van der Waals surface area contributed by atoms with E-state index < -0.39 is 5.60 Å². The van der Waals surface area contributed by atoms with Crippen LogP contribution in [0, 0.1) is 0 Å². The third kappa shape index (κ3) is 1.27. The minimum atomic E-state index is -0.510. The number of ether oxygens (including phenoxy) is 1. The van der Waals surface area contributed by atoms with E-state index >= 15 is 0 Å². The number of epoxide rings is 1. The summed E-state index contributed by atoms with van der Waals surface area (Å²) in [5, 5.41) is 10.3. The molecule has 1 saturated heterocycles. The average molecular weight is 170 g/mol. The van der Waals surface area contributed by atoms with Gasteiger partial charge in [0, 0.05) is 0 Å². The largest absolute Gasteiger partial charge is 0.387 e. The molecule has 0 amide bonds. The van der Waals surface area contributed by atoms with Crippen molar-refractivity contribution in [1.82, 2.24) is 0 Å². The molecule has 0 unspecified atom stereocenters. The van der Waals surface area contributed by atoms with Gasteiger partial charge in [-0.15, -0.1) is 0 Å². The van der Waals surface area contributed by atoms with Crippen molar-refractivity contribution in [2.75, 3.05) is 6.61 Å². The Labute approximate surface area is 73.9 Å². The summed E-state index contributed by atoms with van der Waals surface area (Å²) in [5.41, 5.74) is -0.707. The fraction of sp³-hybridized carbons (Fsp3) is 1.00. The molecule has 0 bridgehead atoms. The third-order valence-corrected chi connectivity index (χ3v) is 3.49. The zero-order valence-electron chi connectivity index (χ0n) is 7.81. The van der Waals surface area contributed by atoms with E-state index in [9.17, 15) is 5.11 Å². The average Bonchev–Trinajstić information content (AvgIpc) is 2.78. The molecule has 0 spiro atoms. The molecule has 1 aliphatic heterocycles. The molecule has 2 heteroatoms. The third-order valence-electron chi connectivity index (χ3n) is 3.49. The molecule has 1 heterocycles. The van der Waals surface area contributed by atoms with Gasteiger partial charge in [-0.05, 0) is 19.8 Å². The smallest absolute Gasteiger partial charge is 0.117 e. The molecule has 2 fully saturated rings. The molecule has 1 saturated carbocycles. The molecule has 0 aromatic heterocycles. The molecule has 0 radical (unpaired) electrons. The highest BCUT2D eigenvalue weighted by Gasteiger charge is 2.56. The Kier molecular flexibility index (Phi) is 1.92. The normalized spacial score (nSPS) is 40.5. The highest BCUT2D eigenvalue weighted by atomic mass is 16.6. The monoisotopic (exact) mass is 170 g/mol. The van der Waals surface area contributed by atoms with Gasteiger partial charge in [-0.1, -0.05) is 25.7 Å². The van der Waals surface area contributed by atoms with Crippen molar-refractivity contribution < 1.29 is 9.84 Å². The second-order valence-electron chi connectivity index (χ2n) is 4.47. The van der Waals surface area contributed by atoms with E-state index in [0.29, 0.717) is 0 Å². The summed E-state index contributed by atoms with van der Waals surface area (Å²) in [6.07, 6.45) is 6.74. The molecule has 0 aromatic carbocycles. The summed E-state index contributed by atoms with van der Waals surface area (Å²) >= 11 is 0. The van der Waals surface area contributed by atoms with Gasteiger partial charge in [0.2, 0.25) is 0 Å². The topological polar surface area (TPSA) is 32.8 Å². The Balaban J connectivity index is 2.06. The van der Waals surface area contributed by atoms with Gasteiger partial charge in [-0.2, -0.15) is 0 Å². The van der Waals surface area contributed by atoms with E-state index in [2.05, 4.69) is 0 Å². The van der Waals surface area contributed by atoms with E-state index in [-0.39, 0.29) is 5.60 Å². The summed E-state index contributed by atoms with van der Waals surface area (Å²) in [4.78, 5) is 0. The highest BCUT2D eigenvalue weighted by Crippen LogP contribution is 2.45. The van der Waals surface area contributed by atoms with Crippen molar-refractivity contribution in [2.45, 2.75) is 56.7 Å². The second kappa shape index (κ2) is 2.71. The van der Waals surface area contributed by atoms with Crippen LogP contribution in [0.1, 0.15) is 45.4 Å². The lowest BCUT2D eigenvalue weighted by molar-refractivity contribution is -0.0426. The van der Waals surface area contributed by atoms with Crippen molar-refractivity contribution in [3.8, 4) is 0 Å². The molecule has 1 N–H and O–H groups in total. The first kappa shape index (κ1) is 8.52. The van der Waals surface area contributed by atoms with Gasteiger partial charge >= 0.3 is 0 Å². The standard InChI is InChI=1S/C10H18O2/c1-9(8-12-9)10(11)6-4-2-3-5-7-10/h11H,2-8H2,1H3/t9-/m0/s1. The van der Waals surface area contributed by atoms with E-state index in [1.165, 1.54) is 12.8 Å². The SMILES string of the molecule is C[C@@]1(C2(O)CCCCCC2)CO1. The van der Waals surface area contributed by atoms with Crippen LogP contribution in [-0.2, 0) is 4.74 Å². The summed E-state index contributed by atoms with van der Waals surface area (Å²) in [5.74, 6) is 0. The molecule has 1 atom stereocenters. The van der Waals surface area contributed by atoms with Crippen LogP contribution in [0.5, 0.6) is 0 Å². The van der Waals surface area contributed by atoms with Crippen molar-refractivity contribution in [2.24, 2.45) is 0 Å². The van der Waals surface area contributed by atoms with E-state index in [4.69, 9.17) is 4.74 Å². The molecular formula is C10H18O2. The van der Waals surface area contributed by atoms with Crippen LogP contribution in [0.3, 0.4) is 0 Å². The maximum Gasteiger partial charge on any atom is 0.117 e. The Morgan fingerprint density at radius 3 is 2.00 bits per heavy atom. The van der Waals surface area contributed by atoms with Crippen LogP contribution in [0.15, 0.2) is 0 Å². The van der Waals surface area contributed by atoms with E-state index in [0.717, 1.165) is 32.3 Å². The lowest BCUT2D eigenvalue weighted by Gasteiger charge is -2.30. The van der Waals surface area contributed by atoms with Crippen LogP contribution < -0.4 is 0 Å². The van der Waals surface area contributed by atoms with Gasteiger partial charge in [-0.3, -0.25) is 0 Å². The first-order valence-corrected chi connectivity index (χ1v) is 5.03. The molecule has 70 valence electrons. The van der Waals surface area contributed by atoms with Crippen molar-refractivity contribution in [3.63, 3.8) is 0 Å². The van der Waals surface area contributed by atoms with Crippen LogP contribution in [-0.4, -0.2) is 22.9 Å². The summed E-state index contributed by atoms with van der Waals surface area (Å²) in [7, 11) is 0. The Bertz CT molecular complexity index is 165. The van der Waals surface area contributed by atoms with Crippen LogP contribution in [0.2, 0.25) is 0 Å². The van der Waals surface area contributed by atoms with E-state index in [1.807, 2.05) is 6.92 Å². The molecule has 1 aliphatic carbocycles. The van der Waals surface area contributed by atoms with Crippen LogP contribution in [0.4, 0.5) is 0 Å². The molecular weight excluding hydrogens is 152 g/mol. The van der Waals surface area contributed by atoms with Crippen molar-refractivity contribution >= 4 is 0 Å². The summed E-state index contributed by atoms with van der Waals surface area (Å²) in [6, 6.07) is 0. The molecule has 2 rings (SSSR count). The lowest BCUT2D eigenvalue weighted by atomic mass is 9.82. The van der Waals surface area contributed by atoms with Crippen LogP contribution in [0.25, 0.3) is 0 Å². The second-order valence-corrected chi connectivity index (χ2v) is 4.47. The van der Waals surface area contributed by atoms with Gasteiger partial charge in [0.05, 0.1) is 12.2 Å². The Morgan fingerprint density at radius 2 is 1.58 bits per heavy atom. The predicted octanol–water partition coefficient (Wildman–Crippen LogP) is 1.86. The minimum absolute atomic E-state index is 0.197. The van der Waals surface area contributed by atoms with E-state index in [1.54, 1.807) is 0 Å². The number of hydrogen-bond donors (Lipinski definition) is 1. The fourth-order valence-electron chi connectivity index (χ4n) is 2.22. The first-order chi connectivity index (χ1) is 5.66. The number of rotatable bonds is 1. The van der Waals surface area contributed by atoms with Gasteiger partial charge in [0.25, 0.3) is 0 Å². The Hall–Kier alpha value is -0.0800. The van der Waals surface area contributed by atoms with Gasteiger partial charge in [0.1, 0.15) is 5.60 Å². The molecule has 2 nitrogen and oxygen atoms in total. The highest BCUT2D eigenvalue weighted by molar-refractivity contribution is 5.06. The van der Waals surface area contributed by atoms with Crippen molar-refractivity contribution in [3.05, 3.63) is 0 Å². The molecule has 2 aliphatic rings. The van der Waals surface area contributed by atoms with Gasteiger partial charge < -0.3 is 9.84 Å². The zero-order valence-corrected chi connectivity index (χ0v) is 7.81. The number of hydrogen-bond acceptors (Lipinski definition) is 2. The number of aliphatic hydroxyl groups is 1. The first-order valence-electron chi connectivity index (χ1n) is 5.03. The van der Waals surface area contributed by atoms with Gasteiger partial charge in [-0.25, -0.2) is 0 Å². The Morgan fingerprint density at radius 1 is 1.08 bits per heavy atom. The summed E-state index contributed by atoms with van der Waals surface area (Å²) < 4.78 is 5.34. The van der Waals surface area contributed by atoms with Crippen LogP contribution >= 0.6 is 0 Å².